The largest absolute Gasteiger partial charge is 0.385 e. The van der Waals surface area contributed by atoms with Gasteiger partial charge in [0.15, 0.2) is 0 Å². The third kappa shape index (κ3) is 2.57. The Morgan fingerprint density at radius 1 is 1.41 bits per heavy atom. The fraction of sp³-hybridized carbons (Fsp3) is 0.625. The van der Waals surface area contributed by atoms with Crippen LogP contribution in [0.1, 0.15) is 31.7 Å². The molecule has 3 rings (SSSR count). The summed E-state index contributed by atoms with van der Waals surface area (Å²) < 4.78 is 39.3. The molecule has 22 heavy (non-hydrogen) atoms. The van der Waals surface area contributed by atoms with Crippen molar-refractivity contribution < 1.29 is 17.9 Å². The number of hydrogen-bond donors (Lipinski definition) is 1. The highest BCUT2D eigenvalue weighted by atomic mass is 32.2. The van der Waals surface area contributed by atoms with Crippen molar-refractivity contribution in [2.45, 2.75) is 31.8 Å². The van der Waals surface area contributed by atoms with Crippen molar-refractivity contribution in [3.63, 3.8) is 0 Å². The summed E-state index contributed by atoms with van der Waals surface area (Å²) in [7, 11) is -3.25. The van der Waals surface area contributed by atoms with Crippen LogP contribution in [0.3, 0.4) is 0 Å². The van der Waals surface area contributed by atoms with Gasteiger partial charge in [-0.1, -0.05) is 12.1 Å². The second-order valence-electron chi connectivity index (χ2n) is 6.41. The number of fused-ring (bicyclic) bond motifs is 1. The van der Waals surface area contributed by atoms with Crippen LogP contribution in [0.2, 0.25) is 0 Å². The van der Waals surface area contributed by atoms with E-state index in [0.717, 1.165) is 12.8 Å². The van der Waals surface area contributed by atoms with Crippen LogP contribution in [0.25, 0.3) is 0 Å². The topological polar surface area (TPSA) is 57.6 Å². The molecule has 4 nitrogen and oxygen atoms in total. The molecule has 0 amide bonds. The summed E-state index contributed by atoms with van der Waals surface area (Å²) in [6, 6.07) is 6.07. The molecule has 0 spiro atoms. The Labute approximate surface area is 131 Å². The van der Waals surface area contributed by atoms with Gasteiger partial charge >= 0.3 is 0 Å². The van der Waals surface area contributed by atoms with E-state index in [2.05, 4.69) is 0 Å². The average Bonchev–Trinajstić information content (AvgIpc) is 2.94. The molecule has 1 N–H and O–H groups in total. The van der Waals surface area contributed by atoms with E-state index in [-0.39, 0.29) is 23.4 Å². The second kappa shape index (κ2) is 5.58. The lowest BCUT2D eigenvalue weighted by Gasteiger charge is -2.41. The zero-order chi connectivity index (χ0) is 16.0. The van der Waals surface area contributed by atoms with Crippen LogP contribution in [0.15, 0.2) is 24.3 Å². The first kappa shape index (κ1) is 15.9. The molecule has 3 unspecified atom stereocenters. The third-order valence-corrected chi connectivity index (χ3v) is 7.05. The van der Waals surface area contributed by atoms with E-state index < -0.39 is 15.6 Å². The van der Waals surface area contributed by atoms with Crippen LogP contribution in [0.4, 0.5) is 4.39 Å². The van der Waals surface area contributed by atoms with Gasteiger partial charge in [0.1, 0.15) is 5.82 Å². The van der Waals surface area contributed by atoms with Crippen LogP contribution in [0.5, 0.6) is 0 Å². The summed E-state index contributed by atoms with van der Waals surface area (Å²) in [4.78, 5) is 0. The van der Waals surface area contributed by atoms with Crippen molar-refractivity contribution in [3.05, 3.63) is 35.6 Å². The Hall–Kier alpha value is -0.980. The summed E-state index contributed by atoms with van der Waals surface area (Å²) in [6.45, 7) is 2.43. The van der Waals surface area contributed by atoms with Crippen LogP contribution >= 0.6 is 0 Å². The molecule has 0 bridgehead atoms. The van der Waals surface area contributed by atoms with E-state index in [0.29, 0.717) is 25.1 Å². The minimum Gasteiger partial charge on any atom is -0.385 e. The fourth-order valence-electron chi connectivity index (χ4n) is 4.01. The van der Waals surface area contributed by atoms with Gasteiger partial charge < -0.3 is 5.11 Å². The highest BCUT2D eigenvalue weighted by molar-refractivity contribution is 7.89. The van der Waals surface area contributed by atoms with Crippen LogP contribution in [0, 0.1) is 17.7 Å². The SMILES string of the molecule is CCS(=O)(=O)N1CC2CCCC(O)(c3cccc(F)c3)C2C1. The summed E-state index contributed by atoms with van der Waals surface area (Å²) >= 11 is 0. The highest BCUT2D eigenvalue weighted by Crippen LogP contribution is 2.48. The van der Waals surface area contributed by atoms with Crippen LogP contribution in [-0.2, 0) is 15.6 Å². The van der Waals surface area contributed by atoms with Crippen molar-refractivity contribution in [2.75, 3.05) is 18.8 Å². The van der Waals surface area contributed by atoms with Gasteiger partial charge in [-0.3, -0.25) is 0 Å². The molecule has 0 aromatic heterocycles. The predicted molar refractivity (Wildman–Crippen MR) is 82.2 cm³/mol. The molecule has 1 aliphatic carbocycles. The molecule has 3 atom stereocenters. The molecule has 6 heteroatoms. The maximum Gasteiger partial charge on any atom is 0.213 e. The number of benzene rings is 1. The van der Waals surface area contributed by atoms with E-state index in [9.17, 15) is 17.9 Å². The van der Waals surface area contributed by atoms with E-state index >= 15 is 0 Å². The maximum absolute atomic E-state index is 13.5. The predicted octanol–water partition coefficient (Wildman–Crippen LogP) is 2.09. The lowest BCUT2D eigenvalue weighted by atomic mass is 9.67. The highest BCUT2D eigenvalue weighted by Gasteiger charge is 2.51. The maximum atomic E-state index is 13.5. The fourth-order valence-corrected chi connectivity index (χ4v) is 5.18. The van der Waals surface area contributed by atoms with Gasteiger partial charge in [0.2, 0.25) is 10.0 Å². The van der Waals surface area contributed by atoms with Gasteiger partial charge in [-0.25, -0.2) is 17.1 Å². The van der Waals surface area contributed by atoms with Crippen molar-refractivity contribution in [1.82, 2.24) is 4.31 Å². The quantitative estimate of drug-likeness (QED) is 0.925. The first-order valence-corrected chi connectivity index (χ1v) is 9.44. The first-order valence-electron chi connectivity index (χ1n) is 7.83. The Bertz CT molecular complexity index is 663. The van der Waals surface area contributed by atoms with Gasteiger partial charge in [0.05, 0.1) is 11.4 Å². The first-order chi connectivity index (χ1) is 10.4. The molecular formula is C16H22FNO3S. The van der Waals surface area contributed by atoms with Gasteiger partial charge in [0.25, 0.3) is 0 Å². The molecule has 2 aliphatic rings. The van der Waals surface area contributed by atoms with E-state index in [4.69, 9.17) is 0 Å². The lowest BCUT2D eigenvalue weighted by molar-refractivity contribution is -0.0642. The van der Waals surface area contributed by atoms with E-state index in [1.54, 1.807) is 19.1 Å². The summed E-state index contributed by atoms with van der Waals surface area (Å²) in [5.74, 6) is -0.318. The smallest absolute Gasteiger partial charge is 0.213 e. The Kier molecular flexibility index (Phi) is 4.03. The molecule has 2 fully saturated rings. The van der Waals surface area contributed by atoms with Crippen LogP contribution < -0.4 is 0 Å². The minimum absolute atomic E-state index is 0.0742. The third-order valence-electron chi connectivity index (χ3n) is 5.24. The summed E-state index contributed by atoms with van der Waals surface area (Å²) in [5, 5.41) is 11.2. The van der Waals surface area contributed by atoms with Crippen LogP contribution in [-0.4, -0.2) is 36.7 Å². The second-order valence-corrected chi connectivity index (χ2v) is 8.67. The van der Waals surface area contributed by atoms with Gasteiger partial charge in [-0.15, -0.1) is 0 Å². The summed E-state index contributed by atoms with van der Waals surface area (Å²) in [6.07, 6.45) is 2.30. The van der Waals surface area contributed by atoms with Crippen molar-refractivity contribution in [3.8, 4) is 0 Å². The molecule has 1 aromatic carbocycles. The molecule has 1 saturated heterocycles. The number of hydrogen-bond acceptors (Lipinski definition) is 3. The van der Waals surface area contributed by atoms with Crippen molar-refractivity contribution >= 4 is 10.0 Å². The number of aliphatic hydroxyl groups is 1. The number of halogens is 1. The van der Waals surface area contributed by atoms with E-state index in [1.165, 1.54) is 16.4 Å². The van der Waals surface area contributed by atoms with Gasteiger partial charge in [0, 0.05) is 19.0 Å². The van der Waals surface area contributed by atoms with Crippen molar-refractivity contribution in [1.29, 1.82) is 0 Å². The van der Waals surface area contributed by atoms with Crippen molar-refractivity contribution in [2.24, 2.45) is 11.8 Å². The molecule has 1 saturated carbocycles. The normalized spacial score (nSPS) is 32.9. The minimum atomic E-state index is -3.25. The van der Waals surface area contributed by atoms with E-state index in [1.807, 2.05) is 0 Å². The number of nitrogens with zero attached hydrogens (tertiary/aromatic N) is 1. The number of rotatable bonds is 3. The standard InChI is InChI=1S/C16H22FNO3S/c1-2-22(20,21)18-10-12-5-4-8-16(19,15(12)11-18)13-6-3-7-14(17)9-13/h3,6-7,9,12,15,19H,2,4-5,8,10-11H2,1H3. The van der Waals surface area contributed by atoms with Gasteiger partial charge in [-0.2, -0.15) is 0 Å². The number of sulfonamides is 1. The molecule has 1 aliphatic heterocycles. The Balaban J connectivity index is 1.94. The monoisotopic (exact) mass is 327 g/mol. The lowest BCUT2D eigenvalue weighted by Crippen LogP contribution is -2.43. The molecule has 1 heterocycles. The molecule has 122 valence electrons. The Morgan fingerprint density at radius 2 is 2.18 bits per heavy atom. The molecule has 0 radical (unpaired) electrons. The van der Waals surface area contributed by atoms with Gasteiger partial charge in [-0.05, 0) is 49.8 Å². The Morgan fingerprint density at radius 3 is 2.86 bits per heavy atom. The average molecular weight is 327 g/mol. The molecule has 1 aromatic rings. The zero-order valence-corrected chi connectivity index (χ0v) is 13.5. The summed E-state index contributed by atoms with van der Waals surface area (Å²) in [5.41, 5.74) is -0.568. The molecular weight excluding hydrogens is 305 g/mol. The zero-order valence-electron chi connectivity index (χ0n) is 12.7.